The van der Waals surface area contributed by atoms with Crippen molar-refractivity contribution in [3.8, 4) is 0 Å². The normalized spacial score (nSPS) is 21.1. The SMILES string of the molecule is Cc1ccc2nc(C3(c4ccccc4)CCN(C(=O)C4CCCNC4=O)CC3)cn2c1. The first-order chi connectivity index (χ1) is 15.1. The average Bonchev–Trinajstić information content (AvgIpc) is 3.23. The highest BCUT2D eigenvalue weighted by atomic mass is 16.2. The summed E-state index contributed by atoms with van der Waals surface area (Å²) in [5.41, 5.74) is 4.17. The first kappa shape index (κ1) is 19.8. The highest BCUT2D eigenvalue weighted by Gasteiger charge is 2.42. The number of nitrogens with zero attached hydrogens (tertiary/aromatic N) is 3. The van der Waals surface area contributed by atoms with Crippen LogP contribution >= 0.6 is 0 Å². The van der Waals surface area contributed by atoms with Crippen LogP contribution in [0.15, 0.2) is 54.9 Å². The van der Waals surface area contributed by atoms with Crippen LogP contribution in [0.5, 0.6) is 0 Å². The summed E-state index contributed by atoms with van der Waals surface area (Å²) in [6.07, 6.45) is 7.34. The van der Waals surface area contributed by atoms with Crippen molar-refractivity contribution in [1.29, 1.82) is 0 Å². The molecule has 0 radical (unpaired) electrons. The fraction of sp³-hybridized carbons (Fsp3) is 0.400. The number of likely N-dealkylation sites (tertiary alicyclic amines) is 1. The van der Waals surface area contributed by atoms with Crippen molar-refractivity contribution >= 4 is 17.5 Å². The molecule has 4 heterocycles. The van der Waals surface area contributed by atoms with Gasteiger partial charge in [0.05, 0.1) is 5.69 Å². The molecule has 2 aromatic heterocycles. The summed E-state index contributed by atoms with van der Waals surface area (Å²) in [6, 6.07) is 14.6. The molecule has 1 unspecified atom stereocenters. The van der Waals surface area contributed by atoms with E-state index < -0.39 is 5.92 Å². The molecule has 1 aromatic carbocycles. The number of aryl methyl sites for hydroxylation is 1. The lowest BCUT2D eigenvalue weighted by molar-refractivity contribution is -0.144. The standard InChI is InChI=1S/C25H28N4O2/c1-18-9-10-22-27-21(17-29(22)16-18)25(19-6-3-2-4-7-19)11-14-28(15-12-25)24(31)20-8-5-13-26-23(20)30/h2-4,6-7,9-10,16-17,20H,5,8,11-15H2,1H3,(H,26,30). The molecule has 2 aliphatic heterocycles. The Morgan fingerprint density at radius 3 is 2.61 bits per heavy atom. The Morgan fingerprint density at radius 1 is 1.10 bits per heavy atom. The predicted octanol–water partition coefficient (Wildman–Crippen LogP) is 3.08. The zero-order valence-electron chi connectivity index (χ0n) is 17.9. The fourth-order valence-electron chi connectivity index (χ4n) is 5.12. The van der Waals surface area contributed by atoms with Crippen molar-refractivity contribution in [2.45, 2.75) is 38.0 Å². The molecule has 0 spiro atoms. The van der Waals surface area contributed by atoms with Gasteiger partial charge in [-0.25, -0.2) is 4.98 Å². The lowest BCUT2D eigenvalue weighted by Gasteiger charge is -2.42. The molecule has 2 fully saturated rings. The van der Waals surface area contributed by atoms with Gasteiger partial charge in [0.2, 0.25) is 11.8 Å². The Bertz CT molecular complexity index is 1110. The van der Waals surface area contributed by atoms with Crippen molar-refractivity contribution in [3.63, 3.8) is 0 Å². The van der Waals surface area contributed by atoms with E-state index in [4.69, 9.17) is 4.98 Å². The number of hydrogen-bond donors (Lipinski definition) is 1. The van der Waals surface area contributed by atoms with Gasteiger partial charge < -0.3 is 14.6 Å². The van der Waals surface area contributed by atoms with Crippen LogP contribution in [0.2, 0.25) is 0 Å². The third kappa shape index (κ3) is 3.50. The van der Waals surface area contributed by atoms with Crippen LogP contribution < -0.4 is 5.32 Å². The molecule has 0 bridgehead atoms. The second-order valence-electron chi connectivity index (χ2n) is 8.86. The Kier molecular flexibility index (Phi) is 5.00. The summed E-state index contributed by atoms with van der Waals surface area (Å²) in [7, 11) is 0. The van der Waals surface area contributed by atoms with Crippen LogP contribution in [0.3, 0.4) is 0 Å². The molecule has 2 aliphatic rings. The minimum Gasteiger partial charge on any atom is -0.355 e. The van der Waals surface area contributed by atoms with E-state index in [-0.39, 0.29) is 17.2 Å². The molecule has 160 valence electrons. The van der Waals surface area contributed by atoms with Gasteiger partial charge in [-0.3, -0.25) is 9.59 Å². The van der Waals surface area contributed by atoms with Crippen LogP contribution in [0, 0.1) is 12.8 Å². The van der Waals surface area contributed by atoms with Crippen molar-refractivity contribution in [1.82, 2.24) is 19.6 Å². The van der Waals surface area contributed by atoms with Gasteiger partial charge in [0.15, 0.2) is 0 Å². The maximum absolute atomic E-state index is 13.1. The topological polar surface area (TPSA) is 66.7 Å². The Labute approximate surface area is 182 Å². The van der Waals surface area contributed by atoms with Gasteiger partial charge in [-0.15, -0.1) is 0 Å². The van der Waals surface area contributed by atoms with Gasteiger partial charge in [-0.05, 0) is 49.8 Å². The maximum atomic E-state index is 13.1. The van der Waals surface area contributed by atoms with E-state index in [1.165, 1.54) is 11.1 Å². The zero-order chi connectivity index (χ0) is 21.4. The number of pyridine rings is 1. The first-order valence-electron chi connectivity index (χ1n) is 11.1. The molecule has 2 amide bonds. The Hall–Kier alpha value is -3.15. The zero-order valence-corrected chi connectivity index (χ0v) is 17.9. The summed E-state index contributed by atoms with van der Waals surface area (Å²) < 4.78 is 2.10. The number of hydrogen-bond acceptors (Lipinski definition) is 3. The highest BCUT2D eigenvalue weighted by Crippen LogP contribution is 2.41. The number of benzene rings is 1. The van der Waals surface area contributed by atoms with Gasteiger partial charge in [0, 0.05) is 37.4 Å². The second kappa shape index (κ2) is 7.84. The number of carbonyl (C=O) groups is 2. The third-order valence-electron chi connectivity index (χ3n) is 6.93. The van der Waals surface area contributed by atoms with Gasteiger partial charge in [-0.1, -0.05) is 36.4 Å². The molecular formula is C25H28N4O2. The Morgan fingerprint density at radius 2 is 1.87 bits per heavy atom. The summed E-state index contributed by atoms with van der Waals surface area (Å²) >= 11 is 0. The smallest absolute Gasteiger partial charge is 0.235 e. The quantitative estimate of drug-likeness (QED) is 0.668. The number of nitrogens with one attached hydrogen (secondary N) is 1. The first-order valence-corrected chi connectivity index (χ1v) is 11.1. The van der Waals surface area contributed by atoms with Crippen molar-refractivity contribution in [3.05, 3.63) is 71.7 Å². The molecule has 1 N–H and O–H groups in total. The number of fused-ring (bicyclic) bond motifs is 1. The van der Waals surface area contributed by atoms with Gasteiger partial charge in [0.25, 0.3) is 0 Å². The number of carbonyl (C=O) groups excluding carboxylic acids is 2. The molecule has 1 atom stereocenters. The van der Waals surface area contributed by atoms with Crippen molar-refractivity contribution in [2.24, 2.45) is 5.92 Å². The number of imidazole rings is 1. The van der Waals surface area contributed by atoms with Crippen LogP contribution in [-0.2, 0) is 15.0 Å². The number of piperidine rings is 2. The largest absolute Gasteiger partial charge is 0.355 e. The van der Waals surface area contributed by atoms with E-state index in [2.05, 4.69) is 65.4 Å². The minimum absolute atomic E-state index is 0.0236. The molecule has 3 aromatic rings. The fourth-order valence-corrected chi connectivity index (χ4v) is 5.12. The predicted molar refractivity (Wildman–Crippen MR) is 119 cm³/mol. The van der Waals surface area contributed by atoms with E-state index in [9.17, 15) is 9.59 Å². The highest BCUT2D eigenvalue weighted by molar-refractivity contribution is 6.00. The monoisotopic (exact) mass is 416 g/mol. The van der Waals surface area contributed by atoms with Gasteiger partial charge in [-0.2, -0.15) is 0 Å². The summed E-state index contributed by atoms with van der Waals surface area (Å²) in [4.78, 5) is 32.2. The van der Waals surface area contributed by atoms with Crippen LogP contribution in [0.4, 0.5) is 0 Å². The molecule has 6 nitrogen and oxygen atoms in total. The molecule has 5 rings (SSSR count). The molecule has 0 saturated carbocycles. The van der Waals surface area contributed by atoms with Crippen LogP contribution in [0.1, 0.15) is 42.5 Å². The van der Waals surface area contributed by atoms with Crippen LogP contribution in [-0.4, -0.2) is 45.7 Å². The Balaban J connectivity index is 1.46. The maximum Gasteiger partial charge on any atom is 0.235 e. The number of aromatic nitrogens is 2. The lowest BCUT2D eigenvalue weighted by atomic mass is 9.70. The lowest BCUT2D eigenvalue weighted by Crippen LogP contribution is -2.51. The van der Waals surface area contributed by atoms with E-state index in [0.717, 1.165) is 30.6 Å². The number of rotatable bonds is 3. The van der Waals surface area contributed by atoms with Crippen LogP contribution in [0.25, 0.3) is 5.65 Å². The summed E-state index contributed by atoms with van der Waals surface area (Å²) in [6.45, 7) is 4.01. The van der Waals surface area contributed by atoms with Crippen molar-refractivity contribution in [2.75, 3.05) is 19.6 Å². The van der Waals surface area contributed by atoms with E-state index >= 15 is 0 Å². The van der Waals surface area contributed by atoms with E-state index in [0.29, 0.717) is 26.1 Å². The molecule has 2 saturated heterocycles. The number of amides is 2. The third-order valence-corrected chi connectivity index (χ3v) is 6.93. The molecule has 0 aliphatic carbocycles. The van der Waals surface area contributed by atoms with E-state index in [1.807, 2.05) is 11.0 Å². The molecule has 31 heavy (non-hydrogen) atoms. The van der Waals surface area contributed by atoms with Gasteiger partial charge in [0.1, 0.15) is 11.6 Å². The van der Waals surface area contributed by atoms with Crippen molar-refractivity contribution < 1.29 is 9.59 Å². The summed E-state index contributed by atoms with van der Waals surface area (Å²) in [5, 5.41) is 2.84. The second-order valence-corrected chi connectivity index (χ2v) is 8.86. The minimum atomic E-state index is -0.531. The van der Waals surface area contributed by atoms with Gasteiger partial charge >= 0.3 is 0 Å². The van der Waals surface area contributed by atoms with E-state index in [1.54, 1.807) is 0 Å². The molecular weight excluding hydrogens is 388 g/mol. The average molecular weight is 417 g/mol. The molecule has 6 heteroatoms. The summed E-state index contributed by atoms with van der Waals surface area (Å²) in [5.74, 6) is -0.674.